The van der Waals surface area contributed by atoms with Crippen LogP contribution in [0.4, 0.5) is 0 Å². The van der Waals surface area contributed by atoms with Gasteiger partial charge in [0.25, 0.3) is 0 Å². The summed E-state index contributed by atoms with van der Waals surface area (Å²) in [6.07, 6.45) is 4.52. The molecular formula is C13H26N2. The molecule has 0 radical (unpaired) electrons. The van der Waals surface area contributed by atoms with E-state index >= 15 is 0 Å². The van der Waals surface area contributed by atoms with Gasteiger partial charge in [-0.2, -0.15) is 0 Å². The van der Waals surface area contributed by atoms with Crippen molar-refractivity contribution in [2.24, 2.45) is 17.8 Å². The van der Waals surface area contributed by atoms with Crippen LogP contribution < -0.4 is 10.6 Å². The molecule has 0 aliphatic heterocycles. The Labute approximate surface area is 94.2 Å². The third-order valence-corrected chi connectivity index (χ3v) is 3.92. The van der Waals surface area contributed by atoms with E-state index in [9.17, 15) is 0 Å². The zero-order valence-corrected chi connectivity index (χ0v) is 10.5. The van der Waals surface area contributed by atoms with Crippen LogP contribution in [0.5, 0.6) is 0 Å². The second-order valence-corrected chi connectivity index (χ2v) is 6.30. The average molecular weight is 210 g/mol. The third kappa shape index (κ3) is 3.18. The fourth-order valence-electron chi connectivity index (χ4n) is 3.07. The Morgan fingerprint density at radius 1 is 1.07 bits per heavy atom. The van der Waals surface area contributed by atoms with Crippen molar-refractivity contribution in [3.05, 3.63) is 0 Å². The van der Waals surface area contributed by atoms with Gasteiger partial charge >= 0.3 is 0 Å². The maximum absolute atomic E-state index is 3.59. The van der Waals surface area contributed by atoms with E-state index in [1.165, 1.54) is 25.8 Å². The fourth-order valence-corrected chi connectivity index (χ4v) is 3.07. The van der Waals surface area contributed by atoms with Crippen LogP contribution in [0.2, 0.25) is 0 Å². The molecule has 0 amide bonds. The Kier molecular flexibility index (Phi) is 3.36. The first kappa shape index (κ1) is 11.4. The second-order valence-electron chi connectivity index (χ2n) is 6.30. The molecule has 2 heteroatoms. The van der Waals surface area contributed by atoms with Gasteiger partial charge in [-0.05, 0) is 57.9 Å². The van der Waals surface area contributed by atoms with Crippen LogP contribution in [0.25, 0.3) is 0 Å². The van der Waals surface area contributed by atoms with E-state index in [-0.39, 0.29) is 5.54 Å². The Bertz CT molecular complexity index is 197. The van der Waals surface area contributed by atoms with Gasteiger partial charge in [0.1, 0.15) is 0 Å². The molecule has 0 spiro atoms. The molecule has 2 aliphatic carbocycles. The van der Waals surface area contributed by atoms with Gasteiger partial charge in [-0.1, -0.05) is 6.42 Å². The average Bonchev–Trinajstić information content (AvgIpc) is 2.59. The van der Waals surface area contributed by atoms with Crippen LogP contribution in [0.1, 0.15) is 40.0 Å². The van der Waals surface area contributed by atoms with Gasteiger partial charge in [-0.15, -0.1) is 0 Å². The molecule has 2 atom stereocenters. The molecule has 2 unspecified atom stereocenters. The summed E-state index contributed by atoms with van der Waals surface area (Å²) < 4.78 is 0. The highest BCUT2D eigenvalue weighted by Gasteiger charge is 2.51. The summed E-state index contributed by atoms with van der Waals surface area (Å²) in [4.78, 5) is 0. The van der Waals surface area contributed by atoms with Crippen molar-refractivity contribution < 1.29 is 0 Å². The Morgan fingerprint density at radius 3 is 2.33 bits per heavy atom. The fraction of sp³-hybridized carbons (Fsp3) is 1.00. The molecule has 0 heterocycles. The molecule has 0 aromatic carbocycles. The van der Waals surface area contributed by atoms with E-state index < -0.39 is 0 Å². The lowest BCUT2D eigenvalue weighted by Crippen LogP contribution is -2.40. The Balaban J connectivity index is 1.47. The first-order valence-corrected chi connectivity index (χ1v) is 6.54. The van der Waals surface area contributed by atoms with Crippen molar-refractivity contribution in [1.82, 2.24) is 10.6 Å². The van der Waals surface area contributed by atoms with E-state index in [4.69, 9.17) is 0 Å². The first-order valence-electron chi connectivity index (χ1n) is 6.54. The topological polar surface area (TPSA) is 24.1 Å². The minimum atomic E-state index is 0.262. The predicted octanol–water partition coefficient (Wildman–Crippen LogP) is 2.01. The Morgan fingerprint density at radius 2 is 1.73 bits per heavy atom. The smallest absolute Gasteiger partial charge is 0.00970 e. The van der Waals surface area contributed by atoms with Crippen LogP contribution in [0.15, 0.2) is 0 Å². The molecule has 2 rings (SSSR count). The van der Waals surface area contributed by atoms with Crippen molar-refractivity contribution in [1.29, 1.82) is 0 Å². The van der Waals surface area contributed by atoms with Gasteiger partial charge in [-0.25, -0.2) is 0 Å². The largest absolute Gasteiger partial charge is 0.315 e. The highest BCUT2D eigenvalue weighted by atomic mass is 15.0. The van der Waals surface area contributed by atoms with Gasteiger partial charge in [0.05, 0.1) is 0 Å². The molecule has 2 fully saturated rings. The molecule has 2 N–H and O–H groups in total. The number of hydrogen-bond donors (Lipinski definition) is 2. The molecule has 2 aliphatic rings. The van der Waals surface area contributed by atoms with E-state index in [2.05, 4.69) is 31.4 Å². The van der Waals surface area contributed by atoms with E-state index in [0.29, 0.717) is 0 Å². The third-order valence-electron chi connectivity index (χ3n) is 3.92. The quantitative estimate of drug-likeness (QED) is 0.678. The van der Waals surface area contributed by atoms with Gasteiger partial charge in [0.15, 0.2) is 0 Å². The molecule has 0 saturated heterocycles. The van der Waals surface area contributed by atoms with Gasteiger partial charge < -0.3 is 10.6 Å². The van der Waals surface area contributed by atoms with Crippen LogP contribution in [0.3, 0.4) is 0 Å². The molecule has 0 bridgehead atoms. The van der Waals surface area contributed by atoms with Crippen LogP contribution in [0, 0.1) is 17.8 Å². The Hall–Kier alpha value is -0.0800. The number of fused-ring (bicyclic) bond motifs is 1. The minimum absolute atomic E-state index is 0.262. The SMILES string of the molecule is CC(C)(C)NCCNCC1C2CCCC21. The lowest BCUT2D eigenvalue weighted by atomic mass is 10.1. The zero-order chi connectivity index (χ0) is 10.9. The van der Waals surface area contributed by atoms with E-state index in [1.54, 1.807) is 0 Å². The summed E-state index contributed by atoms with van der Waals surface area (Å²) in [6, 6.07) is 0. The number of rotatable bonds is 5. The first-order chi connectivity index (χ1) is 7.08. The summed E-state index contributed by atoms with van der Waals surface area (Å²) in [5, 5.41) is 7.09. The maximum Gasteiger partial charge on any atom is 0.00970 e. The summed E-state index contributed by atoms with van der Waals surface area (Å²) >= 11 is 0. The molecule has 15 heavy (non-hydrogen) atoms. The van der Waals surface area contributed by atoms with Crippen molar-refractivity contribution in [2.45, 2.75) is 45.6 Å². The second kappa shape index (κ2) is 4.42. The summed E-state index contributed by atoms with van der Waals surface area (Å²) in [5.74, 6) is 3.24. The normalized spacial score (nSPS) is 34.2. The molecule has 88 valence electrons. The van der Waals surface area contributed by atoms with Gasteiger partial charge in [0, 0.05) is 18.6 Å². The molecule has 0 aromatic rings. The molecule has 2 nitrogen and oxygen atoms in total. The van der Waals surface area contributed by atoms with Crippen molar-refractivity contribution in [3.63, 3.8) is 0 Å². The van der Waals surface area contributed by atoms with Crippen molar-refractivity contribution in [3.8, 4) is 0 Å². The minimum Gasteiger partial charge on any atom is -0.315 e. The molecule has 0 aromatic heterocycles. The van der Waals surface area contributed by atoms with Crippen LogP contribution in [-0.4, -0.2) is 25.2 Å². The standard InChI is InChI=1S/C13H26N2/c1-13(2,3)15-8-7-14-9-12-10-5-4-6-11(10)12/h10-12,14-15H,4-9H2,1-3H3. The lowest BCUT2D eigenvalue weighted by molar-refractivity contribution is 0.417. The monoisotopic (exact) mass is 210 g/mol. The van der Waals surface area contributed by atoms with Gasteiger partial charge in [-0.3, -0.25) is 0 Å². The van der Waals surface area contributed by atoms with E-state index in [1.807, 2.05) is 0 Å². The lowest BCUT2D eigenvalue weighted by Gasteiger charge is -2.20. The maximum atomic E-state index is 3.59. The van der Waals surface area contributed by atoms with Crippen molar-refractivity contribution >= 4 is 0 Å². The molecular weight excluding hydrogens is 184 g/mol. The highest BCUT2D eigenvalue weighted by molar-refractivity contribution is 5.01. The van der Waals surface area contributed by atoms with Gasteiger partial charge in [0.2, 0.25) is 0 Å². The number of hydrogen-bond acceptors (Lipinski definition) is 2. The summed E-state index contributed by atoms with van der Waals surface area (Å²) in [6.45, 7) is 10.1. The summed E-state index contributed by atoms with van der Waals surface area (Å²) in [5.41, 5.74) is 0.262. The van der Waals surface area contributed by atoms with E-state index in [0.717, 1.165) is 30.8 Å². The summed E-state index contributed by atoms with van der Waals surface area (Å²) in [7, 11) is 0. The zero-order valence-electron chi connectivity index (χ0n) is 10.5. The predicted molar refractivity (Wildman–Crippen MR) is 64.9 cm³/mol. The van der Waals surface area contributed by atoms with Crippen LogP contribution in [-0.2, 0) is 0 Å². The molecule has 2 saturated carbocycles. The number of nitrogens with one attached hydrogen (secondary N) is 2. The van der Waals surface area contributed by atoms with Crippen molar-refractivity contribution in [2.75, 3.05) is 19.6 Å². The highest BCUT2D eigenvalue weighted by Crippen LogP contribution is 2.56. The van der Waals surface area contributed by atoms with Crippen LogP contribution >= 0.6 is 0 Å².